The summed E-state index contributed by atoms with van der Waals surface area (Å²) in [4.78, 5) is 0. The second-order valence-corrected chi connectivity index (χ2v) is 5.88. The molecule has 0 amide bonds. The average molecular weight is 294 g/mol. The minimum absolute atomic E-state index is 0.0137. The molecule has 1 fully saturated rings. The lowest BCUT2D eigenvalue weighted by Crippen LogP contribution is -2.61. The quantitative estimate of drug-likeness (QED) is 0.758. The highest BCUT2D eigenvalue weighted by molar-refractivity contribution is 5.35. The number of aryl methyl sites for hydroxylation is 1. The highest BCUT2D eigenvalue weighted by Crippen LogP contribution is 2.40. The smallest absolute Gasteiger partial charge is 0.239 e. The van der Waals surface area contributed by atoms with Gasteiger partial charge in [-0.1, -0.05) is 18.2 Å². The first kappa shape index (κ1) is 14.8. The summed E-state index contributed by atoms with van der Waals surface area (Å²) < 4.78 is 12.0. The normalized spacial score (nSPS) is 35.9. The van der Waals surface area contributed by atoms with Gasteiger partial charge in [0.2, 0.25) is 5.79 Å². The van der Waals surface area contributed by atoms with Crippen molar-refractivity contribution in [2.45, 2.75) is 56.2 Å². The maximum Gasteiger partial charge on any atom is 0.239 e. The van der Waals surface area contributed by atoms with Gasteiger partial charge in [0.1, 0.15) is 11.9 Å². The lowest BCUT2D eigenvalue weighted by Gasteiger charge is -2.46. The van der Waals surface area contributed by atoms with Crippen LogP contribution < -0.4 is 4.74 Å². The van der Waals surface area contributed by atoms with Gasteiger partial charge in [0.15, 0.2) is 0 Å². The number of fused-ring (bicyclic) bond motifs is 1. The molecule has 3 rings (SSSR count). The first-order valence-electron chi connectivity index (χ1n) is 7.56. The third-order valence-corrected chi connectivity index (χ3v) is 4.36. The maximum atomic E-state index is 10.4. The number of hydrogen-bond acceptors (Lipinski definition) is 5. The van der Waals surface area contributed by atoms with E-state index in [1.54, 1.807) is 0 Å². The van der Waals surface area contributed by atoms with Crippen molar-refractivity contribution in [3.05, 3.63) is 29.8 Å². The van der Waals surface area contributed by atoms with Crippen LogP contribution in [0.25, 0.3) is 0 Å². The Kier molecular flexibility index (Phi) is 4.17. The summed E-state index contributed by atoms with van der Waals surface area (Å²) in [5.41, 5.74) is 1.09. The molecule has 1 spiro atoms. The summed E-state index contributed by atoms with van der Waals surface area (Å²) in [6.45, 7) is -0.0137. The van der Waals surface area contributed by atoms with E-state index in [4.69, 9.17) is 14.6 Å². The van der Waals surface area contributed by atoms with Crippen LogP contribution in [-0.2, 0) is 11.2 Å². The molecule has 0 radical (unpaired) electrons. The molecule has 1 aromatic rings. The van der Waals surface area contributed by atoms with Gasteiger partial charge >= 0.3 is 0 Å². The Morgan fingerprint density at radius 1 is 1.24 bits per heavy atom. The molecule has 4 atom stereocenters. The molecule has 5 nitrogen and oxygen atoms in total. The zero-order chi connectivity index (χ0) is 14.9. The van der Waals surface area contributed by atoms with E-state index < -0.39 is 18.0 Å². The number of hydrogen-bond donors (Lipinski definition) is 3. The fourth-order valence-electron chi connectivity index (χ4n) is 3.28. The van der Waals surface area contributed by atoms with Crippen molar-refractivity contribution in [2.75, 3.05) is 6.61 Å². The second-order valence-electron chi connectivity index (χ2n) is 5.88. The lowest BCUT2D eigenvalue weighted by molar-refractivity contribution is -0.311. The molecule has 21 heavy (non-hydrogen) atoms. The third-order valence-electron chi connectivity index (χ3n) is 4.36. The SMILES string of the molecule is OCCC1CC(O)C(O)[C@@]2(CCCc3ccccc3O2)O1. The van der Waals surface area contributed by atoms with Crippen molar-refractivity contribution in [3.63, 3.8) is 0 Å². The molecule has 0 aromatic heterocycles. The van der Waals surface area contributed by atoms with Gasteiger partial charge < -0.3 is 24.8 Å². The van der Waals surface area contributed by atoms with Crippen molar-refractivity contribution in [1.29, 1.82) is 0 Å². The lowest BCUT2D eigenvalue weighted by atomic mass is 9.90. The van der Waals surface area contributed by atoms with Crippen LogP contribution in [0.5, 0.6) is 5.75 Å². The fourth-order valence-corrected chi connectivity index (χ4v) is 3.28. The molecule has 1 aromatic carbocycles. The van der Waals surface area contributed by atoms with Crippen LogP contribution in [0, 0.1) is 0 Å². The molecule has 3 unspecified atom stereocenters. The van der Waals surface area contributed by atoms with Gasteiger partial charge in [0.05, 0.1) is 12.2 Å². The van der Waals surface area contributed by atoms with Gasteiger partial charge in [-0.05, 0) is 30.9 Å². The Morgan fingerprint density at radius 3 is 2.86 bits per heavy atom. The first-order chi connectivity index (χ1) is 10.1. The monoisotopic (exact) mass is 294 g/mol. The predicted octanol–water partition coefficient (Wildman–Crippen LogP) is 0.991. The molecule has 0 aliphatic carbocycles. The molecule has 0 saturated carbocycles. The number of benzene rings is 1. The molecular formula is C16H22O5. The van der Waals surface area contributed by atoms with Gasteiger partial charge in [-0.25, -0.2) is 0 Å². The topological polar surface area (TPSA) is 79.2 Å². The number of rotatable bonds is 2. The van der Waals surface area contributed by atoms with Crippen molar-refractivity contribution in [1.82, 2.24) is 0 Å². The van der Waals surface area contributed by atoms with Crippen molar-refractivity contribution in [3.8, 4) is 5.75 Å². The average Bonchev–Trinajstić information content (AvgIpc) is 2.65. The standard InChI is InChI=1S/C16H22O5/c17-9-7-12-10-13(18)15(19)16(20-12)8-3-5-11-4-1-2-6-14(11)21-16/h1-2,4,6,12-13,15,17-19H,3,5,7-10H2/t12?,13?,15?,16-/m0/s1. The molecular weight excluding hydrogens is 272 g/mol. The Morgan fingerprint density at radius 2 is 2.05 bits per heavy atom. The van der Waals surface area contributed by atoms with E-state index in [2.05, 4.69) is 0 Å². The van der Waals surface area contributed by atoms with E-state index in [0.717, 1.165) is 18.4 Å². The molecule has 3 N–H and O–H groups in total. The summed E-state index contributed by atoms with van der Waals surface area (Å²) in [6.07, 6.45) is 0.631. The van der Waals surface area contributed by atoms with Gasteiger partial charge in [-0.15, -0.1) is 0 Å². The van der Waals surface area contributed by atoms with Crippen LogP contribution in [-0.4, -0.2) is 46.0 Å². The summed E-state index contributed by atoms with van der Waals surface area (Å²) >= 11 is 0. The van der Waals surface area contributed by atoms with Gasteiger partial charge in [-0.2, -0.15) is 0 Å². The van der Waals surface area contributed by atoms with Crippen molar-refractivity contribution in [2.24, 2.45) is 0 Å². The molecule has 2 aliphatic rings. The zero-order valence-electron chi connectivity index (χ0n) is 11.9. The summed E-state index contributed by atoms with van der Waals surface area (Å²) in [5, 5.41) is 29.7. The summed E-state index contributed by atoms with van der Waals surface area (Å²) in [5.74, 6) is -0.518. The minimum Gasteiger partial charge on any atom is -0.459 e. The molecule has 2 aliphatic heterocycles. The highest BCUT2D eigenvalue weighted by atomic mass is 16.7. The van der Waals surface area contributed by atoms with E-state index in [-0.39, 0.29) is 12.7 Å². The highest BCUT2D eigenvalue weighted by Gasteiger charge is 2.51. The van der Waals surface area contributed by atoms with Crippen molar-refractivity contribution >= 4 is 0 Å². The molecule has 116 valence electrons. The molecule has 0 bridgehead atoms. The Labute approximate surface area is 124 Å². The number of para-hydroxylation sites is 1. The summed E-state index contributed by atoms with van der Waals surface area (Å²) in [7, 11) is 0. The molecule has 5 heteroatoms. The van der Waals surface area contributed by atoms with E-state index in [1.165, 1.54) is 0 Å². The second kappa shape index (κ2) is 5.93. The van der Waals surface area contributed by atoms with E-state index >= 15 is 0 Å². The molecule has 2 heterocycles. The van der Waals surface area contributed by atoms with Crippen molar-refractivity contribution < 1.29 is 24.8 Å². The summed E-state index contributed by atoms with van der Waals surface area (Å²) in [6, 6.07) is 7.71. The first-order valence-corrected chi connectivity index (χ1v) is 7.56. The Hall–Kier alpha value is -1.14. The van der Waals surface area contributed by atoms with Gasteiger partial charge in [-0.3, -0.25) is 0 Å². The number of ether oxygens (including phenoxy) is 2. The maximum absolute atomic E-state index is 10.4. The van der Waals surface area contributed by atoms with Crippen LogP contribution in [0.3, 0.4) is 0 Å². The fraction of sp³-hybridized carbons (Fsp3) is 0.625. The van der Waals surface area contributed by atoms with Crippen LogP contribution in [0.15, 0.2) is 24.3 Å². The number of aliphatic hydroxyl groups is 3. The van der Waals surface area contributed by atoms with Crippen LogP contribution in [0.1, 0.15) is 31.2 Å². The Balaban J connectivity index is 1.90. The predicted molar refractivity (Wildman–Crippen MR) is 75.9 cm³/mol. The largest absolute Gasteiger partial charge is 0.459 e. The third kappa shape index (κ3) is 2.79. The zero-order valence-corrected chi connectivity index (χ0v) is 11.9. The Bertz CT molecular complexity index is 491. The number of aliphatic hydroxyl groups excluding tert-OH is 3. The van der Waals surface area contributed by atoms with Crippen LogP contribution >= 0.6 is 0 Å². The van der Waals surface area contributed by atoms with E-state index in [9.17, 15) is 10.2 Å². The van der Waals surface area contributed by atoms with E-state index in [0.29, 0.717) is 25.0 Å². The van der Waals surface area contributed by atoms with E-state index in [1.807, 2.05) is 24.3 Å². The van der Waals surface area contributed by atoms with Gasteiger partial charge in [0.25, 0.3) is 0 Å². The van der Waals surface area contributed by atoms with Crippen LogP contribution in [0.4, 0.5) is 0 Å². The molecule has 1 saturated heterocycles. The van der Waals surface area contributed by atoms with Crippen LogP contribution in [0.2, 0.25) is 0 Å². The minimum atomic E-state index is -1.22. The van der Waals surface area contributed by atoms with Gasteiger partial charge in [0, 0.05) is 19.4 Å².